The summed E-state index contributed by atoms with van der Waals surface area (Å²) in [7, 11) is -1.26. The molecule has 1 aromatic carbocycles. The first-order valence-electron chi connectivity index (χ1n) is 14.7. The molecule has 4 rings (SSSR count). The van der Waals surface area contributed by atoms with Crippen LogP contribution in [0.15, 0.2) is 35.5 Å². The number of para-hydroxylation sites is 1. The van der Waals surface area contributed by atoms with Crippen molar-refractivity contribution < 1.29 is 23.0 Å². The van der Waals surface area contributed by atoms with Crippen LogP contribution in [0.5, 0.6) is 0 Å². The average molecular weight is 616 g/mol. The molecule has 1 fully saturated rings. The highest BCUT2D eigenvalue weighted by atomic mass is 32.2. The molecule has 42 heavy (non-hydrogen) atoms. The largest absolute Gasteiger partial charge is 0.444 e. The van der Waals surface area contributed by atoms with E-state index in [2.05, 4.69) is 36.9 Å². The Morgan fingerprint density at radius 2 is 2.02 bits per heavy atom. The lowest BCUT2D eigenvalue weighted by Crippen LogP contribution is -2.47. The Morgan fingerprint density at radius 1 is 1.26 bits per heavy atom. The SMILES string of the molecule is CCc1cnc(N[C@H]2CCCN(C(=O)OC(C)(C)C)C2)nc1-c1cn(COCC[Si](C)(C)C)c2c(S(=O)O)cccc12. The molecule has 12 heteroatoms. The van der Waals surface area contributed by atoms with E-state index in [1.165, 1.54) is 0 Å². The molecule has 1 saturated heterocycles. The van der Waals surface area contributed by atoms with E-state index in [9.17, 15) is 13.6 Å². The fraction of sp³-hybridized carbons (Fsp3) is 0.567. The van der Waals surface area contributed by atoms with Crippen molar-refractivity contribution in [2.24, 2.45) is 0 Å². The smallest absolute Gasteiger partial charge is 0.410 e. The third-order valence-electron chi connectivity index (χ3n) is 7.18. The summed E-state index contributed by atoms with van der Waals surface area (Å²) < 4.78 is 36.0. The Bertz CT molecular complexity index is 1430. The van der Waals surface area contributed by atoms with E-state index in [-0.39, 0.29) is 18.9 Å². The zero-order valence-corrected chi connectivity index (χ0v) is 27.7. The summed E-state index contributed by atoms with van der Waals surface area (Å²) in [6.45, 7) is 16.7. The quantitative estimate of drug-likeness (QED) is 0.154. The lowest BCUT2D eigenvalue weighted by Gasteiger charge is -2.34. The molecule has 2 atom stereocenters. The van der Waals surface area contributed by atoms with E-state index < -0.39 is 24.8 Å². The molecule has 2 N–H and O–H groups in total. The Balaban J connectivity index is 1.64. The minimum absolute atomic E-state index is 0.0175. The molecular weight excluding hydrogens is 571 g/mol. The highest BCUT2D eigenvalue weighted by molar-refractivity contribution is 7.79. The van der Waals surface area contributed by atoms with Crippen LogP contribution < -0.4 is 5.32 Å². The molecule has 3 heterocycles. The van der Waals surface area contributed by atoms with Crippen LogP contribution in [0.3, 0.4) is 0 Å². The molecule has 1 aliphatic rings. The molecule has 1 unspecified atom stereocenters. The first-order chi connectivity index (χ1) is 19.8. The Labute approximate surface area is 252 Å². The maximum absolute atomic E-state index is 12.7. The van der Waals surface area contributed by atoms with Crippen molar-refractivity contribution in [2.75, 3.05) is 25.0 Å². The van der Waals surface area contributed by atoms with Gasteiger partial charge in [0.05, 0.1) is 16.1 Å². The second-order valence-electron chi connectivity index (χ2n) is 13.1. The van der Waals surface area contributed by atoms with E-state index in [4.69, 9.17) is 14.5 Å². The number of aryl methyl sites for hydroxylation is 1. The number of hydrogen-bond acceptors (Lipinski definition) is 7. The number of carbonyl (C=O) groups is 1. The first kappa shape index (κ1) is 32.1. The molecular formula is C30H45N5O5SSi. The monoisotopic (exact) mass is 615 g/mol. The Kier molecular flexibility index (Phi) is 10.1. The molecule has 1 aliphatic heterocycles. The second kappa shape index (κ2) is 13.2. The lowest BCUT2D eigenvalue weighted by atomic mass is 10.0. The number of likely N-dealkylation sites (tertiary alicyclic amines) is 1. The van der Waals surface area contributed by atoms with Gasteiger partial charge >= 0.3 is 6.09 Å². The predicted octanol–water partition coefficient (Wildman–Crippen LogP) is 6.37. The van der Waals surface area contributed by atoms with Crippen LogP contribution in [0, 0.1) is 0 Å². The van der Waals surface area contributed by atoms with Crippen LogP contribution in [0.1, 0.15) is 46.1 Å². The standard InChI is InChI=1S/C30H45N5O5SSi/c1-8-21-17-31-28(32-22-11-10-14-34(18-22)29(36)40-30(2,3)4)33-26(21)24-19-35(20-39-15-16-42(5,6)7)27-23(24)12-9-13-25(27)41(37)38/h9,12-13,17,19,22H,8,10-11,14-16,18,20H2,1-7H3,(H,37,38)(H,31,32,33)/t22-/m0/s1. The number of nitrogens with one attached hydrogen (secondary N) is 1. The number of carbonyl (C=O) groups excluding carboxylic acids is 1. The van der Waals surface area contributed by atoms with Gasteiger partial charge in [0, 0.05) is 57.2 Å². The molecule has 2 aromatic heterocycles. The fourth-order valence-electron chi connectivity index (χ4n) is 5.04. The van der Waals surface area contributed by atoms with Crippen molar-refractivity contribution in [1.82, 2.24) is 19.4 Å². The van der Waals surface area contributed by atoms with Gasteiger partial charge in [-0.05, 0) is 57.7 Å². The number of hydrogen-bond donors (Lipinski definition) is 2. The molecule has 10 nitrogen and oxygen atoms in total. The molecule has 3 aromatic rings. The molecule has 1 amide bonds. The first-order valence-corrected chi connectivity index (χ1v) is 19.5. The molecule has 0 radical (unpaired) electrons. The molecule has 0 spiro atoms. The summed E-state index contributed by atoms with van der Waals surface area (Å²) in [5.41, 5.74) is 2.70. The van der Waals surface area contributed by atoms with Gasteiger partial charge < -0.3 is 28.8 Å². The van der Waals surface area contributed by atoms with Crippen molar-refractivity contribution in [3.05, 3.63) is 36.2 Å². The Morgan fingerprint density at radius 3 is 2.69 bits per heavy atom. The van der Waals surface area contributed by atoms with E-state index >= 15 is 0 Å². The van der Waals surface area contributed by atoms with Gasteiger partial charge in [0.15, 0.2) is 11.1 Å². The number of aromatic nitrogens is 3. The van der Waals surface area contributed by atoms with Crippen molar-refractivity contribution in [1.29, 1.82) is 0 Å². The van der Waals surface area contributed by atoms with Gasteiger partial charge in [0.25, 0.3) is 0 Å². The van der Waals surface area contributed by atoms with Crippen LogP contribution in [-0.4, -0.2) is 73.7 Å². The van der Waals surface area contributed by atoms with Crippen LogP contribution >= 0.6 is 0 Å². The zero-order chi connectivity index (χ0) is 30.7. The minimum Gasteiger partial charge on any atom is -0.444 e. The van der Waals surface area contributed by atoms with Gasteiger partial charge in [-0.2, -0.15) is 0 Å². The molecule has 0 bridgehead atoms. The van der Waals surface area contributed by atoms with Crippen LogP contribution in [-0.2, 0) is 33.7 Å². The molecule has 0 aliphatic carbocycles. The average Bonchev–Trinajstić information content (AvgIpc) is 3.28. The fourth-order valence-corrected chi connectivity index (χ4v) is 6.38. The number of rotatable bonds is 10. The summed E-state index contributed by atoms with van der Waals surface area (Å²) in [4.78, 5) is 24.3. The predicted molar refractivity (Wildman–Crippen MR) is 170 cm³/mol. The van der Waals surface area contributed by atoms with Gasteiger partial charge in [-0.25, -0.2) is 19.0 Å². The number of nitrogens with zero attached hydrogens (tertiary/aromatic N) is 4. The maximum Gasteiger partial charge on any atom is 0.410 e. The lowest BCUT2D eigenvalue weighted by molar-refractivity contribution is 0.0206. The number of piperidine rings is 1. The highest BCUT2D eigenvalue weighted by Crippen LogP contribution is 2.35. The number of ether oxygens (including phenoxy) is 2. The minimum atomic E-state index is -2.17. The van der Waals surface area contributed by atoms with Crippen LogP contribution in [0.2, 0.25) is 25.7 Å². The maximum atomic E-state index is 12.7. The van der Waals surface area contributed by atoms with Gasteiger partial charge in [0.2, 0.25) is 5.95 Å². The molecule has 0 saturated carbocycles. The van der Waals surface area contributed by atoms with E-state index in [1.807, 2.05) is 43.8 Å². The normalized spacial score (nSPS) is 17.0. The van der Waals surface area contributed by atoms with Crippen molar-refractivity contribution in [3.8, 4) is 11.3 Å². The zero-order valence-electron chi connectivity index (χ0n) is 25.9. The summed E-state index contributed by atoms with van der Waals surface area (Å²) in [5.74, 6) is 0.479. The van der Waals surface area contributed by atoms with Gasteiger partial charge in [-0.15, -0.1) is 0 Å². The van der Waals surface area contributed by atoms with E-state index in [1.54, 1.807) is 17.0 Å². The number of amides is 1. The highest BCUT2D eigenvalue weighted by Gasteiger charge is 2.28. The summed E-state index contributed by atoms with van der Waals surface area (Å²) in [6.07, 6.45) is 5.94. The van der Waals surface area contributed by atoms with Crippen molar-refractivity contribution in [2.45, 2.75) is 95.9 Å². The number of benzene rings is 1. The summed E-state index contributed by atoms with van der Waals surface area (Å²) in [5, 5.41) is 4.27. The van der Waals surface area contributed by atoms with Gasteiger partial charge in [-0.3, -0.25) is 0 Å². The number of fused-ring (bicyclic) bond motifs is 1. The van der Waals surface area contributed by atoms with Crippen molar-refractivity contribution in [3.63, 3.8) is 0 Å². The van der Waals surface area contributed by atoms with Gasteiger partial charge in [-0.1, -0.05) is 38.7 Å². The topological polar surface area (TPSA) is 119 Å². The van der Waals surface area contributed by atoms with Crippen LogP contribution in [0.4, 0.5) is 10.7 Å². The summed E-state index contributed by atoms with van der Waals surface area (Å²) in [6, 6.07) is 6.44. The number of anilines is 1. The van der Waals surface area contributed by atoms with Crippen molar-refractivity contribution >= 4 is 42.1 Å². The van der Waals surface area contributed by atoms with E-state index in [0.717, 1.165) is 47.5 Å². The van der Waals surface area contributed by atoms with Gasteiger partial charge in [0.1, 0.15) is 12.3 Å². The summed E-state index contributed by atoms with van der Waals surface area (Å²) >= 11 is -2.17. The third-order valence-corrected chi connectivity index (χ3v) is 9.59. The van der Waals surface area contributed by atoms with E-state index in [0.29, 0.717) is 36.1 Å². The Hall–Kier alpha value is -2.80. The molecule has 230 valence electrons. The second-order valence-corrected chi connectivity index (χ2v) is 19.7. The van der Waals surface area contributed by atoms with Crippen LogP contribution in [0.25, 0.3) is 22.2 Å². The third kappa shape index (κ3) is 8.18.